The summed E-state index contributed by atoms with van der Waals surface area (Å²) in [7, 11) is 0. The van der Waals surface area contributed by atoms with Gasteiger partial charge in [0.1, 0.15) is 5.82 Å². The molecule has 2 amide bonds. The minimum Gasteiger partial charge on any atom is -0.465 e. The zero-order valence-electron chi connectivity index (χ0n) is 21.6. The maximum Gasteiger partial charge on any atom is 0.404 e. The van der Waals surface area contributed by atoms with E-state index in [0.717, 1.165) is 19.3 Å². The first-order valence-corrected chi connectivity index (χ1v) is 13.9. The van der Waals surface area contributed by atoms with Gasteiger partial charge in [0, 0.05) is 40.2 Å². The summed E-state index contributed by atoms with van der Waals surface area (Å²) in [5.41, 5.74) is 2.28. The highest BCUT2D eigenvalue weighted by Gasteiger charge is 2.54. The number of hydrogen-bond acceptors (Lipinski definition) is 3. The Hall–Kier alpha value is -3.27. The molecular weight excluding hydrogens is 570 g/mol. The lowest BCUT2D eigenvalue weighted by molar-refractivity contribution is -0.133. The number of carboxylic acid groups (broad SMARTS) is 1. The molecule has 3 aliphatic rings. The number of nitrogens with one attached hydrogen (secondary N) is 2. The van der Waals surface area contributed by atoms with Crippen LogP contribution in [-0.2, 0) is 10.7 Å². The van der Waals surface area contributed by atoms with E-state index < -0.39 is 18.1 Å². The Labute approximate surface area is 233 Å². The standard InChI is InChI=1S/C29H29BrF2N4O3/c1-15(2)22(35-27(38)39)11-25(37)36-14-28(7-8-28)12-24(36)26-33-13-23(34-26)16-3-5-18-19-6-4-17(30)10-21(19)29(31,32)20(18)9-16/h3-6,9-10,13,15,22,24,35H,7-8,11-12,14H2,1-2H3,(H,33,34)(H,38,39). The molecule has 2 fully saturated rings. The van der Waals surface area contributed by atoms with Crippen molar-refractivity contribution in [1.82, 2.24) is 20.2 Å². The maximum atomic E-state index is 15.4. The highest BCUT2D eigenvalue weighted by molar-refractivity contribution is 9.10. The van der Waals surface area contributed by atoms with Gasteiger partial charge in [-0.05, 0) is 59.9 Å². The number of carbonyl (C=O) groups is 2. The van der Waals surface area contributed by atoms with E-state index in [0.29, 0.717) is 39.2 Å². The van der Waals surface area contributed by atoms with Gasteiger partial charge in [-0.2, -0.15) is 8.78 Å². The van der Waals surface area contributed by atoms with Crippen molar-refractivity contribution in [3.63, 3.8) is 0 Å². The lowest BCUT2D eigenvalue weighted by atomic mass is 10.00. The quantitative estimate of drug-likeness (QED) is 0.294. The van der Waals surface area contributed by atoms with Crippen molar-refractivity contribution >= 4 is 27.9 Å². The van der Waals surface area contributed by atoms with E-state index in [4.69, 9.17) is 0 Å². The van der Waals surface area contributed by atoms with Gasteiger partial charge in [-0.3, -0.25) is 4.79 Å². The molecule has 10 heteroatoms. The van der Waals surface area contributed by atoms with Crippen LogP contribution in [0.2, 0.25) is 0 Å². The normalized spacial score (nSPS) is 20.7. The summed E-state index contributed by atoms with van der Waals surface area (Å²) in [5, 5.41) is 11.7. The summed E-state index contributed by atoms with van der Waals surface area (Å²) in [4.78, 5) is 34.4. The van der Waals surface area contributed by atoms with Crippen LogP contribution in [0, 0.1) is 11.3 Å². The summed E-state index contributed by atoms with van der Waals surface area (Å²) in [6.07, 6.45) is 3.41. The van der Waals surface area contributed by atoms with Crippen LogP contribution in [0.5, 0.6) is 0 Å². The molecule has 204 valence electrons. The van der Waals surface area contributed by atoms with E-state index in [2.05, 4.69) is 31.2 Å². The highest BCUT2D eigenvalue weighted by Crippen LogP contribution is 2.58. The van der Waals surface area contributed by atoms with E-state index >= 15 is 8.78 Å². The molecule has 2 atom stereocenters. The molecule has 1 saturated heterocycles. The number of nitrogens with zero attached hydrogens (tertiary/aromatic N) is 2. The largest absolute Gasteiger partial charge is 0.465 e. The number of alkyl halides is 2. The SMILES string of the molecule is CC(C)C(CC(=O)N1CC2(CC2)CC1c1ncc(-c2ccc3c(c2)C(F)(F)c2cc(Br)ccc2-3)[nH]1)NC(=O)O. The fourth-order valence-electron chi connectivity index (χ4n) is 6.03. The molecule has 1 spiro atoms. The van der Waals surface area contributed by atoms with Gasteiger partial charge in [0.05, 0.1) is 17.9 Å². The van der Waals surface area contributed by atoms with E-state index in [9.17, 15) is 14.7 Å². The van der Waals surface area contributed by atoms with Gasteiger partial charge in [-0.25, -0.2) is 9.78 Å². The van der Waals surface area contributed by atoms with Gasteiger partial charge >= 0.3 is 6.09 Å². The summed E-state index contributed by atoms with van der Waals surface area (Å²) < 4.78 is 31.4. The lowest BCUT2D eigenvalue weighted by Crippen LogP contribution is -2.43. The van der Waals surface area contributed by atoms with Gasteiger partial charge in [0.15, 0.2) is 0 Å². The average molecular weight is 599 g/mol. The number of imidazole rings is 1. The van der Waals surface area contributed by atoms with Gasteiger partial charge in [-0.1, -0.05) is 48.0 Å². The third kappa shape index (κ3) is 4.52. The second-order valence-corrected chi connectivity index (χ2v) is 12.4. The average Bonchev–Trinajstić information content (AvgIpc) is 3.21. The van der Waals surface area contributed by atoms with Crippen molar-refractivity contribution in [2.24, 2.45) is 11.3 Å². The first-order chi connectivity index (χ1) is 18.5. The Morgan fingerprint density at radius 2 is 1.87 bits per heavy atom. The van der Waals surface area contributed by atoms with Crippen molar-refractivity contribution in [3.8, 4) is 22.4 Å². The van der Waals surface area contributed by atoms with Crippen molar-refractivity contribution in [3.05, 3.63) is 64.0 Å². The number of carbonyl (C=O) groups excluding carboxylic acids is 1. The molecule has 1 aromatic heterocycles. The fraction of sp³-hybridized carbons (Fsp3) is 0.414. The number of rotatable bonds is 6. The Balaban J connectivity index is 1.27. The van der Waals surface area contributed by atoms with E-state index in [1.54, 1.807) is 24.4 Å². The number of halogens is 3. The van der Waals surface area contributed by atoms with Crippen LogP contribution in [-0.4, -0.2) is 44.6 Å². The van der Waals surface area contributed by atoms with Gasteiger partial charge in [0.25, 0.3) is 5.92 Å². The molecule has 2 heterocycles. The molecule has 2 unspecified atom stereocenters. The topological polar surface area (TPSA) is 98.3 Å². The summed E-state index contributed by atoms with van der Waals surface area (Å²) in [5.74, 6) is -2.65. The number of benzene rings is 2. The Morgan fingerprint density at radius 1 is 1.18 bits per heavy atom. The van der Waals surface area contributed by atoms with Crippen LogP contribution in [0.4, 0.5) is 13.6 Å². The summed E-state index contributed by atoms with van der Waals surface area (Å²) in [6.45, 7) is 4.38. The van der Waals surface area contributed by atoms with Crippen LogP contribution < -0.4 is 5.32 Å². The Kier molecular flexibility index (Phi) is 6.09. The van der Waals surface area contributed by atoms with Crippen LogP contribution >= 0.6 is 15.9 Å². The van der Waals surface area contributed by atoms with Crippen molar-refractivity contribution in [2.75, 3.05) is 6.54 Å². The zero-order chi connectivity index (χ0) is 27.7. The number of amides is 2. The molecule has 7 nitrogen and oxygen atoms in total. The first-order valence-electron chi connectivity index (χ1n) is 13.1. The number of aromatic amines is 1. The number of aromatic nitrogens is 2. The van der Waals surface area contributed by atoms with Gasteiger partial charge < -0.3 is 20.3 Å². The summed E-state index contributed by atoms with van der Waals surface area (Å²) >= 11 is 3.30. The third-order valence-corrected chi connectivity index (χ3v) is 8.98. The zero-order valence-corrected chi connectivity index (χ0v) is 23.2. The highest BCUT2D eigenvalue weighted by atomic mass is 79.9. The van der Waals surface area contributed by atoms with E-state index in [-0.39, 0.29) is 40.8 Å². The molecule has 2 aliphatic carbocycles. The number of likely N-dealkylation sites (tertiary alicyclic amines) is 1. The van der Waals surface area contributed by atoms with Crippen molar-refractivity contribution in [2.45, 2.75) is 57.5 Å². The van der Waals surface area contributed by atoms with Gasteiger partial charge in [0.2, 0.25) is 5.91 Å². The molecule has 39 heavy (non-hydrogen) atoms. The number of hydrogen-bond donors (Lipinski definition) is 3. The molecule has 3 N–H and O–H groups in total. The predicted molar refractivity (Wildman–Crippen MR) is 145 cm³/mol. The molecule has 1 aliphatic heterocycles. The van der Waals surface area contributed by atoms with Crippen molar-refractivity contribution < 1.29 is 23.5 Å². The second kappa shape index (κ2) is 9.15. The van der Waals surface area contributed by atoms with E-state index in [1.807, 2.05) is 24.8 Å². The fourth-order valence-corrected chi connectivity index (χ4v) is 6.40. The Morgan fingerprint density at radius 3 is 2.54 bits per heavy atom. The summed E-state index contributed by atoms with van der Waals surface area (Å²) in [6, 6.07) is 9.24. The van der Waals surface area contributed by atoms with Gasteiger partial charge in [-0.15, -0.1) is 0 Å². The number of H-pyrrole nitrogens is 1. The molecule has 0 bridgehead atoms. The van der Waals surface area contributed by atoms with Crippen molar-refractivity contribution in [1.29, 1.82) is 0 Å². The molecule has 6 rings (SSSR count). The second-order valence-electron chi connectivity index (χ2n) is 11.5. The molecular formula is C29H29BrF2N4O3. The molecule has 0 radical (unpaired) electrons. The first kappa shape index (κ1) is 26.0. The minimum atomic E-state index is -3.11. The smallest absolute Gasteiger partial charge is 0.404 e. The molecule has 1 saturated carbocycles. The maximum absolute atomic E-state index is 15.4. The minimum absolute atomic E-state index is 0.0127. The predicted octanol–water partition coefficient (Wildman–Crippen LogP) is 6.70. The van der Waals surface area contributed by atoms with Crippen LogP contribution in [0.3, 0.4) is 0 Å². The monoisotopic (exact) mass is 598 g/mol. The van der Waals surface area contributed by atoms with Crippen LogP contribution in [0.15, 0.2) is 47.1 Å². The Bertz CT molecular complexity index is 1480. The third-order valence-electron chi connectivity index (χ3n) is 8.48. The molecule has 2 aromatic carbocycles. The number of fused-ring (bicyclic) bond motifs is 3. The van der Waals surface area contributed by atoms with Crippen LogP contribution in [0.1, 0.15) is 62.5 Å². The van der Waals surface area contributed by atoms with E-state index in [1.165, 1.54) is 12.1 Å². The lowest BCUT2D eigenvalue weighted by Gasteiger charge is -2.27. The molecule has 3 aromatic rings. The van der Waals surface area contributed by atoms with Crippen LogP contribution in [0.25, 0.3) is 22.4 Å².